The molecule has 0 atom stereocenters. The summed E-state index contributed by atoms with van der Waals surface area (Å²) in [5.41, 5.74) is -0.255. The Labute approximate surface area is 134 Å². The molecular weight excluding hydrogens is 361 g/mol. The fourth-order valence-corrected chi connectivity index (χ4v) is 2.25. The van der Waals surface area contributed by atoms with Crippen molar-refractivity contribution in [1.82, 2.24) is 10.2 Å². The molecule has 2 rings (SSSR count). The molecule has 0 saturated carbocycles. The fraction of sp³-hybridized carbons (Fsp3) is 0.250. The van der Waals surface area contributed by atoms with Gasteiger partial charge in [-0.15, -0.1) is 10.2 Å². The quantitative estimate of drug-likeness (QED) is 0.809. The van der Waals surface area contributed by atoms with Crippen molar-refractivity contribution in [3.8, 4) is 11.5 Å². The number of carbonyl (C=O) groups excluding carboxylic acids is 1. The first-order valence-corrected chi connectivity index (χ1v) is 6.85. The van der Waals surface area contributed by atoms with Gasteiger partial charge in [-0.05, 0) is 12.1 Å². The molecule has 130 valence electrons. The summed E-state index contributed by atoms with van der Waals surface area (Å²) in [5, 5.41) is 15.3. The Bertz CT molecular complexity index is 763. The van der Waals surface area contributed by atoms with Crippen LogP contribution in [0.15, 0.2) is 18.2 Å². The Morgan fingerprint density at radius 2 is 1.92 bits per heavy atom. The van der Waals surface area contributed by atoms with Crippen LogP contribution in [0.4, 0.5) is 27.1 Å². The van der Waals surface area contributed by atoms with E-state index >= 15 is 0 Å². The largest absolute Gasteiger partial charge is 0.507 e. The Hall–Kier alpha value is -2.50. The second-order valence-corrected chi connectivity index (χ2v) is 5.30. The number of phenols is 1. The number of halogens is 5. The molecule has 6 nitrogen and oxygen atoms in total. The van der Waals surface area contributed by atoms with E-state index in [0.717, 1.165) is 6.07 Å². The van der Waals surface area contributed by atoms with Crippen LogP contribution >= 0.6 is 11.3 Å². The van der Waals surface area contributed by atoms with E-state index in [2.05, 4.69) is 10.2 Å². The molecule has 0 bridgehead atoms. The number of amides is 1. The number of alkyl halides is 5. The molecule has 1 heterocycles. The first-order valence-electron chi connectivity index (χ1n) is 6.03. The minimum Gasteiger partial charge on any atom is -0.507 e. The molecule has 0 saturated heterocycles. The van der Waals surface area contributed by atoms with Gasteiger partial charge in [0.1, 0.15) is 11.5 Å². The zero-order valence-corrected chi connectivity index (χ0v) is 12.5. The zero-order chi connectivity index (χ0) is 18.1. The molecule has 0 aliphatic heterocycles. The van der Waals surface area contributed by atoms with Crippen LogP contribution in [0.3, 0.4) is 0 Å². The van der Waals surface area contributed by atoms with Crippen LogP contribution in [0.5, 0.6) is 11.5 Å². The van der Waals surface area contributed by atoms with Gasteiger partial charge in [0.25, 0.3) is 5.91 Å². The molecule has 0 fully saturated rings. The van der Waals surface area contributed by atoms with E-state index < -0.39 is 33.9 Å². The van der Waals surface area contributed by atoms with Crippen LogP contribution in [0.1, 0.15) is 15.4 Å². The lowest BCUT2D eigenvalue weighted by atomic mass is 10.2. The molecule has 0 unspecified atom stereocenters. The fourth-order valence-electron chi connectivity index (χ4n) is 1.52. The van der Waals surface area contributed by atoms with E-state index in [9.17, 15) is 31.9 Å². The number of carbonyl (C=O) groups is 1. The van der Waals surface area contributed by atoms with E-state index in [1.807, 2.05) is 5.32 Å². The molecule has 0 aliphatic carbocycles. The van der Waals surface area contributed by atoms with Crippen LogP contribution in [-0.4, -0.2) is 34.5 Å². The SMILES string of the molecule is COc1ccc(C(=O)Nc2nnc(C(F)(F)C(F)(F)F)s2)c(O)c1. The number of aromatic nitrogens is 2. The summed E-state index contributed by atoms with van der Waals surface area (Å²) < 4.78 is 67.7. The van der Waals surface area contributed by atoms with E-state index in [4.69, 9.17) is 4.74 Å². The maximum atomic E-state index is 13.1. The minimum absolute atomic E-state index is 0.127. The van der Waals surface area contributed by atoms with E-state index in [0.29, 0.717) is 0 Å². The third-order valence-corrected chi connectivity index (χ3v) is 3.63. The van der Waals surface area contributed by atoms with E-state index in [1.54, 1.807) is 0 Å². The van der Waals surface area contributed by atoms with Gasteiger partial charge < -0.3 is 9.84 Å². The van der Waals surface area contributed by atoms with Gasteiger partial charge in [-0.3, -0.25) is 10.1 Å². The van der Waals surface area contributed by atoms with Crippen molar-refractivity contribution in [1.29, 1.82) is 0 Å². The topological polar surface area (TPSA) is 84.3 Å². The van der Waals surface area contributed by atoms with E-state index in [1.165, 1.54) is 19.2 Å². The maximum Gasteiger partial charge on any atom is 0.460 e. The monoisotopic (exact) mass is 369 g/mol. The number of nitrogens with zero attached hydrogens (tertiary/aromatic N) is 2. The van der Waals surface area contributed by atoms with Crippen LogP contribution in [-0.2, 0) is 5.92 Å². The van der Waals surface area contributed by atoms with Crippen molar-refractivity contribution in [2.45, 2.75) is 12.1 Å². The highest BCUT2D eigenvalue weighted by atomic mass is 32.1. The summed E-state index contributed by atoms with van der Waals surface area (Å²) in [7, 11) is 1.33. The number of methoxy groups -OCH3 is 1. The standard InChI is InChI=1S/C12H8F5N3O3S/c1-23-5-2-3-6(7(21)4-5)8(22)18-10-20-19-9(24-10)11(13,14)12(15,16)17/h2-4,21H,1H3,(H,18,20,22). The lowest BCUT2D eigenvalue weighted by molar-refractivity contribution is -0.289. The van der Waals surface area contributed by atoms with Gasteiger partial charge in [0, 0.05) is 6.07 Å². The molecule has 2 aromatic rings. The molecule has 1 aromatic heterocycles. The van der Waals surface area contributed by atoms with Crippen LogP contribution in [0.25, 0.3) is 0 Å². The second kappa shape index (κ2) is 6.19. The molecular formula is C12H8F5N3O3S. The number of hydrogen-bond donors (Lipinski definition) is 2. The summed E-state index contributed by atoms with van der Waals surface area (Å²) in [4.78, 5) is 11.9. The van der Waals surface area contributed by atoms with Gasteiger partial charge in [0.05, 0.1) is 12.7 Å². The average molecular weight is 369 g/mol. The average Bonchev–Trinajstić information content (AvgIpc) is 2.94. The third kappa shape index (κ3) is 3.37. The molecule has 1 aromatic carbocycles. The predicted octanol–water partition coefficient (Wildman–Crippen LogP) is 3.16. The van der Waals surface area contributed by atoms with Gasteiger partial charge in [-0.1, -0.05) is 11.3 Å². The Kier molecular flexibility index (Phi) is 4.60. The highest BCUT2D eigenvalue weighted by Crippen LogP contribution is 2.45. The molecule has 12 heteroatoms. The van der Waals surface area contributed by atoms with Gasteiger partial charge in [-0.25, -0.2) is 0 Å². The van der Waals surface area contributed by atoms with Gasteiger partial charge in [0.15, 0.2) is 5.01 Å². The lowest BCUT2D eigenvalue weighted by Gasteiger charge is -2.15. The predicted molar refractivity (Wildman–Crippen MR) is 72.5 cm³/mol. The van der Waals surface area contributed by atoms with Crippen molar-refractivity contribution < 1.29 is 36.6 Å². The Morgan fingerprint density at radius 1 is 1.25 bits per heavy atom. The number of rotatable bonds is 4. The number of ether oxygens (including phenoxy) is 1. The summed E-state index contributed by atoms with van der Waals surface area (Å²) >= 11 is -0.127. The molecule has 24 heavy (non-hydrogen) atoms. The number of hydrogen-bond acceptors (Lipinski definition) is 6. The highest BCUT2D eigenvalue weighted by Gasteiger charge is 2.61. The summed E-state index contributed by atoms with van der Waals surface area (Å²) in [5.74, 6) is -6.37. The molecule has 1 amide bonds. The van der Waals surface area contributed by atoms with Crippen LogP contribution in [0.2, 0.25) is 0 Å². The number of anilines is 1. The van der Waals surface area contributed by atoms with Crippen LogP contribution < -0.4 is 10.1 Å². The van der Waals surface area contributed by atoms with Gasteiger partial charge in [0.2, 0.25) is 5.13 Å². The normalized spacial score (nSPS) is 12.1. The van der Waals surface area contributed by atoms with Crippen molar-refractivity contribution in [2.75, 3.05) is 12.4 Å². The molecule has 0 aliphatic rings. The van der Waals surface area contributed by atoms with E-state index in [-0.39, 0.29) is 22.6 Å². The summed E-state index contributed by atoms with van der Waals surface area (Å²) in [6, 6.07) is 3.64. The Balaban J connectivity index is 2.20. The number of aromatic hydroxyl groups is 1. The molecule has 2 N–H and O–H groups in total. The Morgan fingerprint density at radius 3 is 2.46 bits per heavy atom. The number of phenolic OH excluding ortho intramolecular Hbond substituents is 1. The van der Waals surface area contributed by atoms with Crippen LogP contribution in [0, 0.1) is 0 Å². The van der Waals surface area contributed by atoms with Gasteiger partial charge >= 0.3 is 12.1 Å². The van der Waals surface area contributed by atoms with Crippen molar-refractivity contribution in [3.63, 3.8) is 0 Å². The lowest BCUT2D eigenvalue weighted by Crippen LogP contribution is -2.33. The first-order chi connectivity index (χ1) is 11.1. The number of nitrogens with one attached hydrogen (secondary N) is 1. The minimum atomic E-state index is -5.83. The first kappa shape index (κ1) is 17.8. The van der Waals surface area contributed by atoms with Crippen molar-refractivity contribution in [2.24, 2.45) is 0 Å². The van der Waals surface area contributed by atoms with Crippen molar-refractivity contribution in [3.05, 3.63) is 28.8 Å². The number of benzene rings is 1. The maximum absolute atomic E-state index is 13.1. The molecule has 0 radical (unpaired) electrons. The summed E-state index contributed by atoms with van der Waals surface area (Å²) in [6.45, 7) is 0. The highest BCUT2D eigenvalue weighted by molar-refractivity contribution is 7.15. The third-order valence-electron chi connectivity index (χ3n) is 2.72. The summed E-state index contributed by atoms with van der Waals surface area (Å²) in [6.07, 6.45) is -5.83. The smallest absolute Gasteiger partial charge is 0.460 e. The second-order valence-electron chi connectivity index (χ2n) is 4.32. The van der Waals surface area contributed by atoms with Crippen molar-refractivity contribution >= 4 is 22.4 Å². The zero-order valence-electron chi connectivity index (χ0n) is 11.7. The van der Waals surface area contributed by atoms with Gasteiger partial charge in [-0.2, -0.15) is 22.0 Å². The molecule has 0 spiro atoms.